The van der Waals surface area contributed by atoms with E-state index in [1.54, 1.807) is 6.20 Å². The molecule has 158 valence electrons. The van der Waals surface area contributed by atoms with Crippen molar-refractivity contribution in [2.45, 2.75) is 25.3 Å². The first-order valence-corrected chi connectivity index (χ1v) is 10.3. The van der Waals surface area contributed by atoms with Crippen molar-refractivity contribution in [2.75, 3.05) is 23.8 Å². The topological polar surface area (TPSA) is 92.7 Å². The Hall–Kier alpha value is -3.74. The van der Waals surface area contributed by atoms with Crippen molar-refractivity contribution in [3.8, 4) is 11.5 Å². The monoisotopic (exact) mass is 417 g/mol. The maximum Gasteiger partial charge on any atom is 0.304 e. The zero-order valence-electron chi connectivity index (χ0n) is 17.1. The van der Waals surface area contributed by atoms with Crippen molar-refractivity contribution in [1.29, 1.82) is 0 Å². The number of hydrogen-bond donors (Lipinski definition) is 3. The lowest BCUT2D eigenvalue weighted by Crippen LogP contribution is -2.11. The fraction of sp³-hybridized carbons (Fsp3) is 0.250. The summed E-state index contributed by atoms with van der Waals surface area (Å²) in [7, 11) is 0. The van der Waals surface area contributed by atoms with Crippen molar-refractivity contribution >= 4 is 23.2 Å². The van der Waals surface area contributed by atoms with E-state index in [0.29, 0.717) is 13.2 Å². The van der Waals surface area contributed by atoms with Crippen LogP contribution in [0, 0.1) is 6.92 Å². The van der Waals surface area contributed by atoms with Crippen LogP contribution in [0.15, 0.2) is 54.7 Å². The highest BCUT2D eigenvalue weighted by atomic mass is 16.5. The minimum absolute atomic E-state index is 0.00325. The third kappa shape index (κ3) is 3.86. The third-order valence-corrected chi connectivity index (χ3v) is 5.65. The zero-order valence-corrected chi connectivity index (χ0v) is 17.1. The number of hydrogen-bond acceptors (Lipinski definition) is 6. The fourth-order valence-electron chi connectivity index (χ4n) is 4.15. The summed E-state index contributed by atoms with van der Waals surface area (Å²) in [5.74, 6) is 1.44. The van der Waals surface area contributed by atoms with E-state index < -0.39 is 5.97 Å². The average molecular weight is 417 g/mol. The number of benzene rings is 2. The van der Waals surface area contributed by atoms with Crippen LogP contribution in [0.2, 0.25) is 0 Å². The normalized spacial score (nSPS) is 18.5. The molecule has 0 saturated heterocycles. The Morgan fingerprint density at radius 2 is 2.03 bits per heavy atom. The van der Waals surface area contributed by atoms with Crippen molar-refractivity contribution < 1.29 is 19.4 Å². The van der Waals surface area contributed by atoms with E-state index in [-0.39, 0.29) is 18.4 Å². The summed E-state index contributed by atoms with van der Waals surface area (Å²) in [6.07, 6.45) is 1.86. The van der Waals surface area contributed by atoms with Gasteiger partial charge in [-0.2, -0.15) is 0 Å². The summed E-state index contributed by atoms with van der Waals surface area (Å²) < 4.78 is 11.8. The Morgan fingerprint density at radius 3 is 2.87 bits per heavy atom. The molecule has 31 heavy (non-hydrogen) atoms. The van der Waals surface area contributed by atoms with Crippen LogP contribution < -0.4 is 20.1 Å². The first kappa shape index (κ1) is 19.2. The van der Waals surface area contributed by atoms with Crippen molar-refractivity contribution in [3.63, 3.8) is 0 Å². The van der Waals surface area contributed by atoms with Gasteiger partial charge in [0.1, 0.15) is 23.9 Å². The molecule has 2 atom stereocenters. The quantitative estimate of drug-likeness (QED) is 0.538. The van der Waals surface area contributed by atoms with Gasteiger partial charge in [-0.1, -0.05) is 18.2 Å². The van der Waals surface area contributed by atoms with Crippen LogP contribution >= 0.6 is 0 Å². The van der Waals surface area contributed by atoms with Gasteiger partial charge in [0.05, 0.1) is 24.8 Å². The van der Waals surface area contributed by atoms with Crippen LogP contribution in [-0.4, -0.2) is 29.3 Å². The van der Waals surface area contributed by atoms with Gasteiger partial charge in [0.2, 0.25) is 0 Å². The zero-order chi connectivity index (χ0) is 21.4. The molecule has 2 unspecified atom stereocenters. The van der Waals surface area contributed by atoms with Gasteiger partial charge in [-0.25, -0.2) is 4.98 Å². The van der Waals surface area contributed by atoms with Crippen LogP contribution in [-0.2, 0) is 4.79 Å². The number of ether oxygens (including phenoxy) is 2. The van der Waals surface area contributed by atoms with Crippen molar-refractivity contribution in [2.24, 2.45) is 0 Å². The van der Waals surface area contributed by atoms with Crippen molar-refractivity contribution in [3.05, 3.63) is 71.4 Å². The highest BCUT2D eigenvalue weighted by Crippen LogP contribution is 2.42. The van der Waals surface area contributed by atoms with Gasteiger partial charge >= 0.3 is 5.97 Å². The summed E-state index contributed by atoms with van der Waals surface area (Å²) >= 11 is 0. The minimum atomic E-state index is -0.811. The predicted octanol–water partition coefficient (Wildman–Crippen LogP) is 4.63. The number of fused-ring (bicyclic) bond motifs is 2. The molecule has 7 heteroatoms. The van der Waals surface area contributed by atoms with Gasteiger partial charge in [-0.15, -0.1) is 0 Å². The van der Waals surface area contributed by atoms with Gasteiger partial charge < -0.3 is 25.2 Å². The molecule has 7 nitrogen and oxygen atoms in total. The summed E-state index contributed by atoms with van der Waals surface area (Å²) in [6.45, 7) is 2.94. The van der Waals surface area contributed by atoms with E-state index in [9.17, 15) is 4.79 Å². The molecule has 0 fully saturated rings. The lowest BCUT2D eigenvalue weighted by molar-refractivity contribution is -0.137. The van der Waals surface area contributed by atoms with E-state index >= 15 is 0 Å². The van der Waals surface area contributed by atoms with E-state index in [0.717, 1.165) is 45.4 Å². The molecule has 0 amide bonds. The number of anilines is 3. The average Bonchev–Trinajstić information content (AvgIpc) is 3.33. The van der Waals surface area contributed by atoms with E-state index in [2.05, 4.69) is 21.7 Å². The standard InChI is InChI=1S/C24H23N3O4/c1-14-7-8-25-22(9-14)27-19-4-2-3-18-20(13-31-24(18)19)26-16-5-6-17-15(10-23(28)29)12-30-21(17)11-16/h2-9,11,15,20,26H,10,12-13H2,1H3,(H,25,27)(H,28,29). The van der Waals surface area contributed by atoms with Gasteiger partial charge in [-0.05, 0) is 36.8 Å². The summed E-state index contributed by atoms with van der Waals surface area (Å²) in [6, 6.07) is 15.9. The molecule has 0 saturated carbocycles. The number of aryl methyl sites for hydroxylation is 1. The molecular weight excluding hydrogens is 394 g/mol. The van der Waals surface area contributed by atoms with Crippen LogP contribution in [0.3, 0.4) is 0 Å². The number of aliphatic carboxylic acids is 1. The lowest BCUT2D eigenvalue weighted by Gasteiger charge is -2.15. The number of aromatic nitrogens is 1. The number of carbonyl (C=O) groups is 1. The summed E-state index contributed by atoms with van der Waals surface area (Å²) in [5.41, 5.74) is 4.95. The highest BCUT2D eigenvalue weighted by molar-refractivity contribution is 5.70. The third-order valence-electron chi connectivity index (χ3n) is 5.65. The molecule has 3 heterocycles. The van der Waals surface area contributed by atoms with Crippen LogP contribution in [0.5, 0.6) is 11.5 Å². The van der Waals surface area contributed by atoms with E-state index in [1.807, 2.05) is 49.4 Å². The largest absolute Gasteiger partial charge is 0.493 e. The molecule has 3 aromatic rings. The predicted molar refractivity (Wildman–Crippen MR) is 117 cm³/mol. The molecule has 5 rings (SSSR count). The molecule has 0 radical (unpaired) electrons. The lowest BCUT2D eigenvalue weighted by atomic mass is 9.97. The Morgan fingerprint density at radius 1 is 1.13 bits per heavy atom. The first-order chi connectivity index (χ1) is 15.1. The van der Waals surface area contributed by atoms with Gasteiger partial charge in [0.15, 0.2) is 0 Å². The maximum atomic E-state index is 11.0. The highest BCUT2D eigenvalue weighted by Gasteiger charge is 2.29. The van der Waals surface area contributed by atoms with Gasteiger partial charge in [-0.3, -0.25) is 4.79 Å². The van der Waals surface area contributed by atoms with Gasteiger partial charge in [0.25, 0.3) is 0 Å². The molecule has 2 aliphatic heterocycles. The number of pyridine rings is 1. The number of nitrogens with zero attached hydrogens (tertiary/aromatic N) is 1. The Kier molecular flexibility index (Phi) is 4.86. The van der Waals surface area contributed by atoms with Crippen LogP contribution in [0.1, 0.15) is 35.1 Å². The molecule has 2 aromatic carbocycles. The fourth-order valence-corrected chi connectivity index (χ4v) is 4.15. The smallest absolute Gasteiger partial charge is 0.304 e. The maximum absolute atomic E-state index is 11.0. The SMILES string of the molecule is Cc1ccnc(Nc2cccc3c2OCC3Nc2ccc3c(c2)OCC3CC(=O)O)c1. The molecule has 0 aliphatic carbocycles. The number of nitrogens with one attached hydrogen (secondary N) is 2. The van der Waals surface area contributed by atoms with Crippen molar-refractivity contribution in [1.82, 2.24) is 4.98 Å². The van der Waals surface area contributed by atoms with Gasteiger partial charge in [0, 0.05) is 35.0 Å². The molecular formula is C24H23N3O4. The number of para-hydroxylation sites is 1. The Bertz CT molecular complexity index is 1150. The summed E-state index contributed by atoms with van der Waals surface area (Å²) in [5, 5.41) is 15.9. The second-order valence-electron chi connectivity index (χ2n) is 7.93. The second-order valence-corrected chi connectivity index (χ2v) is 7.93. The van der Waals surface area contributed by atoms with Crippen LogP contribution in [0.25, 0.3) is 0 Å². The molecule has 0 spiro atoms. The van der Waals surface area contributed by atoms with E-state index in [4.69, 9.17) is 14.6 Å². The second kappa shape index (κ2) is 7.83. The minimum Gasteiger partial charge on any atom is -0.493 e. The van der Waals surface area contributed by atoms with Crippen LogP contribution in [0.4, 0.5) is 17.2 Å². The molecule has 2 aliphatic rings. The number of rotatable bonds is 6. The first-order valence-electron chi connectivity index (χ1n) is 10.3. The Balaban J connectivity index is 1.34. The summed E-state index contributed by atoms with van der Waals surface area (Å²) in [4.78, 5) is 15.4. The van der Waals surface area contributed by atoms with E-state index in [1.165, 1.54) is 0 Å². The molecule has 1 aromatic heterocycles. The molecule has 3 N–H and O–H groups in total. The molecule has 0 bridgehead atoms. The number of carboxylic acid groups (broad SMARTS) is 1. The Labute approximate surface area is 180 Å². The number of carboxylic acids is 1.